The predicted octanol–water partition coefficient (Wildman–Crippen LogP) is 12.9. The number of hydrogen-bond acceptors (Lipinski definition) is 10. The largest absolute Gasteiger partial charge is 0.394 e. The van der Waals surface area contributed by atoms with E-state index < -0.39 is 74.2 Å². The van der Waals surface area contributed by atoms with Crippen molar-refractivity contribution in [2.24, 2.45) is 0 Å². The fourth-order valence-corrected chi connectivity index (χ4v) is 9.83. The lowest BCUT2D eigenvalue weighted by atomic mass is 9.98. The zero-order valence-corrected chi connectivity index (χ0v) is 46.0. The summed E-state index contributed by atoms with van der Waals surface area (Å²) in [6.45, 7) is 3.45. The Morgan fingerprint density at radius 1 is 0.493 bits per heavy atom. The summed E-state index contributed by atoms with van der Waals surface area (Å²) >= 11 is 0. The monoisotopic (exact) mass is 1010 g/mol. The second kappa shape index (κ2) is 49.5. The predicted molar refractivity (Wildman–Crippen MR) is 293 cm³/mol. The number of unbranched alkanes of at least 4 members (excludes halogenated alkanes) is 36. The van der Waals surface area contributed by atoms with E-state index in [0.29, 0.717) is 19.3 Å². The van der Waals surface area contributed by atoms with Gasteiger partial charge in [-0.15, -0.1) is 0 Å². The topological polar surface area (TPSA) is 189 Å². The van der Waals surface area contributed by atoms with Crippen molar-refractivity contribution in [2.45, 2.75) is 339 Å². The Morgan fingerprint density at radius 2 is 0.859 bits per heavy atom. The first-order valence-corrected chi connectivity index (χ1v) is 30.2. The Bertz CT molecular complexity index is 1200. The minimum absolute atomic E-state index is 0.249. The van der Waals surface area contributed by atoms with Crippen LogP contribution in [0.4, 0.5) is 0 Å². The van der Waals surface area contributed by atoms with E-state index in [0.717, 1.165) is 64.2 Å². The van der Waals surface area contributed by atoms with Gasteiger partial charge in [-0.25, -0.2) is 0 Å². The Labute approximate surface area is 435 Å². The van der Waals surface area contributed by atoms with Crippen LogP contribution in [0, 0.1) is 0 Å². The number of aliphatic hydroxyl groups excluding tert-OH is 7. The van der Waals surface area contributed by atoms with Gasteiger partial charge < -0.3 is 50.5 Å². The summed E-state index contributed by atoms with van der Waals surface area (Å²) in [4.78, 5) is 13.2. The maximum Gasteiger partial charge on any atom is 0.249 e. The van der Waals surface area contributed by atoms with E-state index >= 15 is 0 Å². The number of ether oxygens (including phenoxy) is 2. The van der Waals surface area contributed by atoms with Gasteiger partial charge in [0.2, 0.25) is 5.91 Å². The van der Waals surface area contributed by atoms with Gasteiger partial charge in [-0.1, -0.05) is 263 Å². The summed E-state index contributed by atoms with van der Waals surface area (Å²) in [5.74, 6) is -0.702. The van der Waals surface area contributed by atoms with E-state index in [1.165, 1.54) is 180 Å². The smallest absolute Gasteiger partial charge is 0.249 e. The normalized spacial score (nSPS) is 20.3. The molecule has 9 unspecified atom stereocenters. The van der Waals surface area contributed by atoms with Gasteiger partial charge in [0.15, 0.2) is 6.29 Å². The number of allylic oxidation sites excluding steroid dienone is 4. The number of carbonyl (C=O) groups is 1. The number of nitrogens with one attached hydrogen (secondary N) is 1. The number of rotatable bonds is 52. The molecule has 0 aliphatic carbocycles. The molecular formula is C60H115NO10. The van der Waals surface area contributed by atoms with Gasteiger partial charge in [0.05, 0.1) is 25.4 Å². The van der Waals surface area contributed by atoms with Crippen molar-refractivity contribution in [1.29, 1.82) is 0 Å². The summed E-state index contributed by atoms with van der Waals surface area (Å²) < 4.78 is 11.1. The molecule has 8 N–H and O–H groups in total. The van der Waals surface area contributed by atoms with Crippen LogP contribution in [0.2, 0.25) is 0 Å². The van der Waals surface area contributed by atoms with Crippen LogP contribution in [0.1, 0.15) is 284 Å². The standard InChI is InChI=1S/C60H115NO10/c1-3-5-7-9-11-13-15-17-19-21-22-23-24-25-26-27-28-29-30-31-32-34-35-37-39-41-43-45-47-52(63)55(65)51(50-70-60-58(68)57(67)56(66)54(49-62)71-60)61-59(69)53(64)48-46-44-42-40-38-36-33-20-18-16-14-12-10-8-6-4-2/h12,14,18,20,51-58,60,62-68H,3-11,13,15-17,19,21-50H2,1-2H3,(H,61,69)/b14-12-,20-18-. The molecule has 1 rings (SSSR count). The van der Waals surface area contributed by atoms with Crippen LogP contribution in [-0.2, 0) is 14.3 Å². The van der Waals surface area contributed by atoms with Crippen LogP contribution in [0.15, 0.2) is 24.3 Å². The second-order valence-corrected chi connectivity index (χ2v) is 21.4. The molecule has 1 aliphatic heterocycles. The van der Waals surface area contributed by atoms with Crippen molar-refractivity contribution in [1.82, 2.24) is 5.32 Å². The third kappa shape index (κ3) is 37.9. The molecule has 0 spiro atoms. The first-order valence-electron chi connectivity index (χ1n) is 30.2. The SMILES string of the molecule is CCCCC/C=C\C/C=C\CCCCCCCCC(O)C(=O)NC(COC1OC(CO)C(O)C(O)C1O)C(O)C(O)CCCCCCCCCCCCCCCCCCCCCCCCCCCCCC. The Kier molecular flexibility index (Phi) is 47.1. The highest BCUT2D eigenvalue weighted by Crippen LogP contribution is 2.24. The lowest BCUT2D eigenvalue weighted by molar-refractivity contribution is -0.303. The van der Waals surface area contributed by atoms with Crippen molar-refractivity contribution in [3.05, 3.63) is 24.3 Å². The molecule has 71 heavy (non-hydrogen) atoms. The van der Waals surface area contributed by atoms with E-state index in [9.17, 15) is 40.5 Å². The molecule has 1 aliphatic rings. The average Bonchev–Trinajstić information content (AvgIpc) is 3.37. The number of amides is 1. The second-order valence-electron chi connectivity index (χ2n) is 21.4. The van der Waals surface area contributed by atoms with E-state index in [1.54, 1.807) is 0 Å². The Balaban J connectivity index is 2.25. The van der Waals surface area contributed by atoms with Crippen molar-refractivity contribution in [3.8, 4) is 0 Å². The van der Waals surface area contributed by atoms with Crippen LogP contribution < -0.4 is 5.32 Å². The molecule has 1 heterocycles. The third-order valence-corrected chi connectivity index (χ3v) is 14.8. The number of hydrogen-bond donors (Lipinski definition) is 8. The average molecular weight is 1010 g/mol. The maximum absolute atomic E-state index is 13.2. The molecule has 11 nitrogen and oxygen atoms in total. The minimum atomic E-state index is -1.66. The quantitative estimate of drug-likeness (QED) is 0.0215. The molecular weight excluding hydrogens is 895 g/mol. The third-order valence-electron chi connectivity index (χ3n) is 14.8. The Hall–Kier alpha value is -1.41. The lowest BCUT2D eigenvalue weighted by Gasteiger charge is -2.40. The minimum Gasteiger partial charge on any atom is -0.394 e. The molecule has 420 valence electrons. The highest BCUT2D eigenvalue weighted by molar-refractivity contribution is 5.80. The van der Waals surface area contributed by atoms with Crippen molar-refractivity contribution in [2.75, 3.05) is 13.2 Å². The summed E-state index contributed by atoms with van der Waals surface area (Å²) in [7, 11) is 0. The van der Waals surface area contributed by atoms with Crippen LogP contribution in [0.3, 0.4) is 0 Å². The summed E-state index contributed by atoms with van der Waals surface area (Å²) in [5.41, 5.74) is 0. The Morgan fingerprint density at radius 3 is 1.28 bits per heavy atom. The molecule has 0 aromatic heterocycles. The van der Waals surface area contributed by atoms with E-state index in [2.05, 4.69) is 43.5 Å². The van der Waals surface area contributed by atoms with Gasteiger partial charge in [-0.2, -0.15) is 0 Å². The summed E-state index contributed by atoms with van der Waals surface area (Å²) in [6.07, 6.45) is 48.1. The molecule has 9 atom stereocenters. The highest BCUT2D eigenvalue weighted by Gasteiger charge is 2.44. The van der Waals surface area contributed by atoms with Crippen LogP contribution in [0.5, 0.6) is 0 Å². The molecule has 11 heteroatoms. The molecule has 1 fully saturated rings. The maximum atomic E-state index is 13.2. The van der Waals surface area contributed by atoms with Gasteiger partial charge in [-0.3, -0.25) is 4.79 Å². The van der Waals surface area contributed by atoms with Gasteiger partial charge in [0.1, 0.15) is 36.6 Å². The molecule has 0 saturated carbocycles. The molecule has 0 radical (unpaired) electrons. The zero-order valence-electron chi connectivity index (χ0n) is 46.0. The highest BCUT2D eigenvalue weighted by atomic mass is 16.7. The number of aliphatic hydroxyl groups is 7. The molecule has 0 aromatic carbocycles. The van der Waals surface area contributed by atoms with E-state index in [-0.39, 0.29) is 6.42 Å². The van der Waals surface area contributed by atoms with Crippen LogP contribution in [0.25, 0.3) is 0 Å². The fraction of sp³-hybridized carbons (Fsp3) is 0.917. The summed E-state index contributed by atoms with van der Waals surface area (Å²) in [6, 6.07) is -1.17. The van der Waals surface area contributed by atoms with Crippen molar-refractivity contribution < 1.29 is 50.0 Å². The fourth-order valence-electron chi connectivity index (χ4n) is 9.83. The van der Waals surface area contributed by atoms with E-state index in [1.807, 2.05) is 0 Å². The van der Waals surface area contributed by atoms with Gasteiger partial charge >= 0.3 is 0 Å². The summed E-state index contributed by atoms with van der Waals surface area (Å²) in [5, 5.41) is 76.2. The van der Waals surface area contributed by atoms with Crippen LogP contribution in [-0.4, -0.2) is 110 Å². The first-order chi connectivity index (χ1) is 34.7. The molecule has 0 aromatic rings. The zero-order chi connectivity index (χ0) is 51.8. The van der Waals surface area contributed by atoms with E-state index in [4.69, 9.17) is 9.47 Å². The lowest BCUT2D eigenvalue weighted by Crippen LogP contribution is -2.60. The first kappa shape index (κ1) is 67.6. The molecule has 1 amide bonds. The van der Waals surface area contributed by atoms with Crippen LogP contribution >= 0.6 is 0 Å². The van der Waals surface area contributed by atoms with Gasteiger partial charge in [0.25, 0.3) is 0 Å². The van der Waals surface area contributed by atoms with Gasteiger partial charge in [-0.05, 0) is 44.9 Å². The number of carbonyl (C=O) groups excluding carboxylic acids is 1. The molecule has 1 saturated heterocycles. The van der Waals surface area contributed by atoms with Crippen molar-refractivity contribution in [3.63, 3.8) is 0 Å². The molecule has 0 bridgehead atoms. The van der Waals surface area contributed by atoms with Crippen molar-refractivity contribution >= 4 is 5.91 Å². The van der Waals surface area contributed by atoms with Gasteiger partial charge in [0, 0.05) is 0 Å².